The van der Waals surface area contributed by atoms with Crippen LogP contribution in [0.25, 0.3) is 0 Å². The molecule has 0 bridgehead atoms. The summed E-state index contributed by atoms with van der Waals surface area (Å²) in [5.74, 6) is 1.14. The van der Waals surface area contributed by atoms with Gasteiger partial charge in [-0.3, -0.25) is 0 Å². The Hall–Kier alpha value is -0.0800. The molecule has 0 saturated heterocycles. The molecule has 2 nitrogen and oxygen atoms in total. The molecule has 0 aliphatic heterocycles. The lowest BCUT2D eigenvalue weighted by Crippen LogP contribution is -2.54. The highest BCUT2D eigenvalue weighted by molar-refractivity contribution is 5.10. The van der Waals surface area contributed by atoms with E-state index in [0.717, 1.165) is 37.5 Å². The third-order valence-electron chi connectivity index (χ3n) is 11.1. The van der Waals surface area contributed by atoms with Crippen molar-refractivity contribution in [2.24, 2.45) is 58.2 Å². The summed E-state index contributed by atoms with van der Waals surface area (Å²) in [5.41, 5.74) is 0.525. The molecule has 11 atom stereocenters. The Bertz CT molecular complexity index is 769. The maximum Gasteiger partial charge on any atom is 0.0571 e. The van der Waals surface area contributed by atoms with Crippen molar-refractivity contribution in [1.29, 1.82) is 0 Å². The minimum absolute atomic E-state index is 0.0182. The lowest BCUT2D eigenvalue weighted by molar-refractivity contribution is -0.132. The molecule has 2 heteroatoms. The van der Waals surface area contributed by atoms with Crippen LogP contribution in [-0.4, -0.2) is 22.4 Å². The summed E-state index contributed by atoms with van der Waals surface area (Å²) in [6.07, 6.45) is 9.65. The molecule has 4 aliphatic carbocycles. The summed E-state index contributed by atoms with van der Waals surface area (Å²) in [5, 5.41) is 21.6. The van der Waals surface area contributed by atoms with E-state index in [2.05, 4.69) is 20.8 Å². The molecule has 4 aliphatic rings. The van der Waals surface area contributed by atoms with Crippen molar-refractivity contribution in [3.8, 4) is 0 Å². The fourth-order valence-electron chi connectivity index (χ4n) is 9.14. The largest absolute Gasteiger partial charge is 0.393 e. The summed E-state index contributed by atoms with van der Waals surface area (Å²) in [6.45, 7) is 3.62. The van der Waals surface area contributed by atoms with E-state index in [1.165, 1.54) is 32.1 Å². The Labute approximate surface area is 195 Å². The Morgan fingerprint density at radius 2 is 1.63 bits per heavy atom. The molecule has 30 heavy (non-hydrogen) atoms. The average Bonchev–Trinajstić information content (AvgIpc) is 3.08. The van der Waals surface area contributed by atoms with Crippen molar-refractivity contribution in [1.82, 2.24) is 0 Å². The zero-order chi connectivity index (χ0) is 26.8. The van der Waals surface area contributed by atoms with Crippen LogP contribution in [0.3, 0.4) is 0 Å². The topological polar surface area (TPSA) is 40.5 Å². The van der Waals surface area contributed by atoms with Crippen LogP contribution >= 0.6 is 0 Å². The molecular formula is C28H50O2. The van der Waals surface area contributed by atoms with E-state index in [-0.39, 0.29) is 23.9 Å². The van der Waals surface area contributed by atoms with E-state index in [1.54, 1.807) is 6.92 Å². The van der Waals surface area contributed by atoms with Gasteiger partial charge in [-0.1, -0.05) is 41.4 Å². The third-order valence-corrected chi connectivity index (χ3v) is 11.1. The molecule has 4 fully saturated rings. The van der Waals surface area contributed by atoms with Crippen LogP contribution in [0.15, 0.2) is 0 Å². The molecule has 0 aromatic heterocycles. The summed E-state index contributed by atoms with van der Waals surface area (Å²) in [4.78, 5) is 0. The molecule has 0 radical (unpaired) electrons. The van der Waals surface area contributed by atoms with Gasteiger partial charge in [0.1, 0.15) is 0 Å². The van der Waals surface area contributed by atoms with E-state index in [0.29, 0.717) is 23.2 Å². The van der Waals surface area contributed by atoms with Gasteiger partial charge in [-0.2, -0.15) is 0 Å². The Morgan fingerprint density at radius 3 is 2.37 bits per heavy atom. The molecule has 0 aromatic rings. The van der Waals surface area contributed by atoms with Crippen molar-refractivity contribution in [2.45, 2.75) is 118 Å². The maximum absolute atomic E-state index is 11.3. The van der Waals surface area contributed by atoms with Crippen molar-refractivity contribution < 1.29 is 18.4 Å². The number of hydrogen-bond acceptors (Lipinski definition) is 2. The second-order valence-electron chi connectivity index (χ2n) is 12.4. The quantitative estimate of drug-likeness (QED) is 0.516. The van der Waals surface area contributed by atoms with Gasteiger partial charge < -0.3 is 10.2 Å². The molecule has 0 heterocycles. The zero-order valence-corrected chi connectivity index (χ0v) is 19.7. The van der Waals surface area contributed by atoms with E-state index in [4.69, 9.17) is 8.22 Å². The van der Waals surface area contributed by atoms with Crippen LogP contribution in [0, 0.1) is 58.2 Å². The van der Waals surface area contributed by atoms with Crippen LogP contribution in [0.4, 0.5) is 0 Å². The van der Waals surface area contributed by atoms with E-state index in [9.17, 15) is 10.2 Å². The first-order chi connectivity index (χ1) is 16.5. The fraction of sp³-hybridized carbons (Fsp3) is 1.00. The predicted octanol–water partition coefficient (Wildman–Crippen LogP) is 6.69. The molecule has 0 spiro atoms. The molecule has 174 valence electrons. The normalized spacial score (nSPS) is 52.9. The highest BCUT2D eigenvalue weighted by Crippen LogP contribution is 2.68. The molecule has 4 saturated carbocycles. The number of aliphatic hydroxyl groups is 2. The van der Waals surface area contributed by atoms with Gasteiger partial charge in [0.05, 0.1) is 12.2 Å². The summed E-state index contributed by atoms with van der Waals surface area (Å²) in [6, 6.07) is 0. The van der Waals surface area contributed by atoms with Gasteiger partial charge in [0.2, 0.25) is 0 Å². The van der Waals surface area contributed by atoms with Gasteiger partial charge in [-0.25, -0.2) is 0 Å². The minimum Gasteiger partial charge on any atom is -0.393 e. The summed E-state index contributed by atoms with van der Waals surface area (Å²) in [7, 11) is 0. The summed E-state index contributed by atoms with van der Waals surface area (Å²) >= 11 is 0. The van der Waals surface area contributed by atoms with Gasteiger partial charge >= 0.3 is 0 Å². The second-order valence-corrected chi connectivity index (χ2v) is 12.4. The van der Waals surface area contributed by atoms with Gasteiger partial charge in [0.25, 0.3) is 0 Å². The van der Waals surface area contributed by atoms with E-state index >= 15 is 0 Å². The van der Waals surface area contributed by atoms with Crippen LogP contribution in [0.1, 0.15) is 114 Å². The Morgan fingerprint density at radius 1 is 0.933 bits per heavy atom. The van der Waals surface area contributed by atoms with Crippen molar-refractivity contribution in [2.75, 3.05) is 0 Å². The molecule has 4 rings (SSSR count). The molecule has 0 aromatic carbocycles. The molecule has 0 amide bonds. The number of aliphatic hydroxyl groups excluding tert-OH is 2. The molecule has 2 N–H and O–H groups in total. The smallest absolute Gasteiger partial charge is 0.0571 e. The lowest BCUT2D eigenvalue weighted by atomic mass is 9.44. The van der Waals surface area contributed by atoms with Crippen LogP contribution in [0.5, 0.6) is 0 Å². The number of rotatable bonds is 5. The first-order valence-corrected chi connectivity index (χ1v) is 12.9. The molecular weight excluding hydrogens is 368 g/mol. The van der Waals surface area contributed by atoms with Gasteiger partial charge in [0.15, 0.2) is 0 Å². The third kappa shape index (κ3) is 3.70. The van der Waals surface area contributed by atoms with E-state index < -0.39 is 31.6 Å². The minimum atomic E-state index is -2.57. The highest BCUT2D eigenvalue weighted by Gasteiger charge is 2.60. The second kappa shape index (κ2) is 8.36. The zero-order valence-electron chi connectivity index (χ0n) is 25.7. The number of hydrogen-bond donors (Lipinski definition) is 2. The first kappa shape index (κ1) is 16.5. The van der Waals surface area contributed by atoms with Crippen molar-refractivity contribution in [3.05, 3.63) is 0 Å². The number of fused-ring (bicyclic) bond motifs is 5. The van der Waals surface area contributed by atoms with Crippen LogP contribution < -0.4 is 0 Å². The summed E-state index contributed by atoms with van der Waals surface area (Å²) < 4.78 is 46.8. The van der Waals surface area contributed by atoms with Gasteiger partial charge in [-0.15, -0.1) is 0 Å². The van der Waals surface area contributed by atoms with Crippen LogP contribution in [0.2, 0.25) is 0 Å². The standard InChI is InChI=1S/C28H50O2/c1-17(2)18(3)15-26(30)19(4)23-9-10-24-22-8-7-20-16-21(29)11-13-27(20,5)25(22)12-14-28(23,24)6/h17-26,29-30H,7-16H2,1-6H3/t18-,19+,20+,21-,22+,23-,24+,25+,26+,27+,28-/m1/s1/i1D3,2D3. The first-order valence-electron chi connectivity index (χ1n) is 15.9. The monoisotopic (exact) mass is 424 g/mol. The maximum atomic E-state index is 11.3. The fourth-order valence-corrected chi connectivity index (χ4v) is 9.14. The van der Waals surface area contributed by atoms with Crippen LogP contribution in [-0.2, 0) is 0 Å². The van der Waals surface area contributed by atoms with Crippen molar-refractivity contribution in [3.63, 3.8) is 0 Å². The Balaban J connectivity index is 1.46. The SMILES string of the molecule is [2H]C([2H])([2H])C([C@H](C)C[C@H](O)[C@@H](C)[C@H]1CC[C@H]2[C@@H]3CC[C@H]4C[C@H](O)CC[C@]4(C)[C@H]3CC[C@]12C)C([2H])([2H])[2H]. The van der Waals surface area contributed by atoms with Gasteiger partial charge in [0, 0.05) is 8.22 Å². The van der Waals surface area contributed by atoms with Crippen molar-refractivity contribution >= 4 is 0 Å². The molecule has 0 unspecified atom stereocenters. The van der Waals surface area contributed by atoms with Gasteiger partial charge in [-0.05, 0) is 122 Å². The lowest BCUT2D eigenvalue weighted by Gasteiger charge is -2.61. The van der Waals surface area contributed by atoms with E-state index in [1.807, 2.05) is 0 Å². The Kier molecular flexibility index (Phi) is 4.61. The predicted molar refractivity (Wildman–Crippen MR) is 125 cm³/mol. The highest BCUT2D eigenvalue weighted by atomic mass is 16.3. The average molecular weight is 425 g/mol.